The molecule has 5 rings (SSSR count). The highest BCUT2D eigenvalue weighted by atomic mass is 32.1. The van der Waals surface area contributed by atoms with E-state index in [1.807, 2.05) is 18.2 Å². The first kappa shape index (κ1) is 21.5. The van der Waals surface area contributed by atoms with Crippen molar-refractivity contribution in [2.45, 2.75) is 0 Å². The fraction of sp³-hybridized carbons (Fsp3) is 0.130. The van der Waals surface area contributed by atoms with Crippen molar-refractivity contribution in [2.24, 2.45) is 0 Å². The van der Waals surface area contributed by atoms with E-state index in [9.17, 15) is 0 Å². The zero-order valence-electron chi connectivity index (χ0n) is 18.0. The Hall–Kier alpha value is -3.34. The molecule has 33 heavy (non-hydrogen) atoms. The lowest BCUT2D eigenvalue weighted by Gasteiger charge is -2.14. The molecule has 0 aliphatic heterocycles. The van der Waals surface area contributed by atoms with Gasteiger partial charge in [-0.2, -0.15) is 0 Å². The zero-order valence-corrected chi connectivity index (χ0v) is 20.5. The predicted molar refractivity (Wildman–Crippen MR) is 138 cm³/mol. The van der Waals surface area contributed by atoms with Gasteiger partial charge in [-0.3, -0.25) is 0 Å². The molecule has 0 saturated carbocycles. The molecule has 0 spiro atoms. The Morgan fingerprint density at radius 3 is 2.39 bits per heavy atom. The van der Waals surface area contributed by atoms with Crippen LogP contribution in [0.2, 0.25) is 0 Å². The van der Waals surface area contributed by atoms with Crippen molar-refractivity contribution in [3.63, 3.8) is 0 Å². The summed E-state index contributed by atoms with van der Waals surface area (Å²) in [5.41, 5.74) is 9.09. The number of aromatic nitrogens is 2. The number of rotatable bonds is 7. The molecule has 5 aromatic rings. The van der Waals surface area contributed by atoms with E-state index in [1.54, 1.807) is 44.0 Å². The number of anilines is 3. The number of nitrogens with one attached hydrogen (secondary N) is 1. The highest BCUT2D eigenvalue weighted by Gasteiger charge is 2.18. The minimum atomic E-state index is 0.436. The normalized spacial score (nSPS) is 11.0. The van der Waals surface area contributed by atoms with Gasteiger partial charge in [0, 0.05) is 44.2 Å². The third kappa shape index (κ3) is 3.97. The maximum atomic E-state index is 6.26. The van der Waals surface area contributed by atoms with Crippen LogP contribution in [0.5, 0.6) is 17.2 Å². The number of methoxy groups -OCH3 is 3. The molecule has 0 amide bonds. The monoisotopic (exact) mass is 496 g/mol. The average Bonchev–Trinajstić information content (AvgIpc) is 3.56. The molecule has 0 saturated heterocycles. The largest absolute Gasteiger partial charge is 0.493 e. The molecule has 2 aromatic carbocycles. The Kier molecular flexibility index (Phi) is 5.79. The van der Waals surface area contributed by atoms with Crippen LogP contribution in [-0.4, -0.2) is 31.3 Å². The van der Waals surface area contributed by atoms with Crippen LogP contribution >= 0.6 is 34.0 Å². The molecule has 0 fully saturated rings. The number of nitrogens with two attached hydrogens (primary N) is 1. The predicted octanol–water partition coefficient (Wildman–Crippen LogP) is 6.50. The van der Waals surface area contributed by atoms with Gasteiger partial charge in [-0.05, 0) is 6.07 Å². The molecule has 0 radical (unpaired) electrons. The highest BCUT2D eigenvalue weighted by Crippen LogP contribution is 2.43. The summed E-state index contributed by atoms with van der Waals surface area (Å²) in [7, 11) is 4.73. The van der Waals surface area contributed by atoms with Crippen LogP contribution < -0.4 is 25.3 Å². The Bertz CT molecular complexity index is 1420. The summed E-state index contributed by atoms with van der Waals surface area (Å²) in [6, 6.07) is 12.0. The fourth-order valence-corrected chi connectivity index (χ4v) is 6.27. The van der Waals surface area contributed by atoms with Crippen LogP contribution in [0.25, 0.3) is 31.2 Å². The van der Waals surface area contributed by atoms with Crippen molar-refractivity contribution in [2.75, 3.05) is 32.4 Å². The van der Waals surface area contributed by atoms with Crippen molar-refractivity contribution >= 4 is 60.7 Å². The molecule has 10 heteroatoms. The van der Waals surface area contributed by atoms with E-state index in [-0.39, 0.29) is 0 Å². The SMILES string of the molecule is COc1cc(Nc2nc(N)c(-c3nc(-c4csc5ccccc45)cs3)s2)cc(OC)c1OC. The number of fused-ring (bicyclic) bond motifs is 1. The molecule has 0 bridgehead atoms. The Morgan fingerprint density at radius 2 is 1.67 bits per heavy atom. The number of thiophene rings is 1. The number of benzene rings is 2. The summed E-state index contributed by atoms with van der Waals surface area (Å²) < 4.78 is 17.5. The van der Waals surface area contributed by atoms with Crippen LogP contribution in [-0.2, 0) is 0 Å². The molecule has 0 aliphatic carbocycles. The minimum absolute atomic E-state index is 0.436. The first-order valence-electron chi connectivity index (χ1n) is 9.87. The number of nitrogens with zero attached hydrogens (tertiary/aromatic N) is 2. The van der Waals surface area contributed by atoms with Gasteiger partial charge in [-0.1, -0.05) is 29.5 Å². The van der Waals surface area contributed by atoms with Crippen LogP contribution in [0.1, 0.15) is 0 Å². The second kappa shape index (κ2) is 8.89. The van der Waals surface area contributed by atoms with E-state index in [2.05, 4.69) is 39.3 Å². The summed E-state index contributed by atoms with van der Waals surface area (Å²) in [6.07, 6.45) is 0. The van der Waals surface area contributed by atoms with E-state index < -0.39 is 0 Å². The molecule has 0 aliphatic rings. The number of thiazole rings is 2. The molecule has 168 valence electrons. The molecule has 3 N–H and O–H groups in total. The van der Waals surface area contributed by atoms with Gasteiger partial charge in [-0.25, -0.2) is 9.97 Å². The fourth-order valence-electron chi connectivity index (χ4n) is 3.49. The van der Waals surface area contributed by atoms with Gasteiger partial charge in [0.1, 0.15) is 15.7 Å². The minimum Gasteiger partial charge on any atom is -0.493 e. The number of ether oxygens (including phenoxy) is 3. The van der Waals surface area contributed by atoms with Crippen molar-refractivity contribution in [1.82, 2.24) is 9.97 Å². The lowest BCUT2D eigenvalue weighted by molar-refractivity contribution is 0.324. The first-order chi connectivity index (χ1) is 16.1. The Morgan fingerprint density at radius 1 is 0.909 bits per heavy atom. The van der Waals surface area contributed by atoms with Gasteiger partial charge in [-0.15, -0.1) is 22.7 Å². The number of nitrogen functional groups attached to an aromatic ring is 1. The standard InChI is InChI=1S/C23H20N4O3S3/c1-28-16-8-12(9-17(29-2)19(16)30-3)25-23-27-21(24)20(33-23)22-26-15(11-32-22)14-10-31-18-7-5-4-6-13(14)18/h4-11H,24H2,1-3H3,(H,25,27). The van der Waals surface area contributed by atoms with Crippen LogP contribution in [0.15, 0.2) is 47.2 Å². The summed E-state index contributed by atoms with van der Waals surface area (Å²) in [6.45, 7) is 0. The average molecular weight is 497 g/mol. The van der Waals surface area contributed by atoms with Gasteiger partial charge >= 0.3 is 0 Å². The second-order valence-electron chi connectivity index (χ2n) is 6.96. The van der Waals surface area contributed by atoms with Gasteiger partial charge in [0.05, 0.1) is 27.0 Å². The van der Waals surface area contributed by atoms with Gasteiger partial charge < -0.3 is 25.3 Å². The van der Waals surface area contributed by atoms with E-state index in [1.165, 1.54) is 21.4 Å². The molecule has 0 unspecified atom stereocenters. The zero-order chi connectivity index (χ0) is 22.9. The van der Waals surface area contributed by atoms with E-state index in [0.717, 1.165) is 26.8 Å². The van der Waals surface area contributed by atoms with Gasteiger partial charge in [0.15, 0.2) is 16.6 Å². The van der Waals surface area contributed by atoms with Gasteiger partial charge in [0.2, 0.25) is 5.75 Å². The van der Waals surface area contributed by atoms with E-state index in [0.29, 0.717) is 28.2 Å². The van der Waals surface area contributed by atoms with Crippen LogP contribution in [0, 0.1) is 0 Å². The third-order valence-corrected chi connectivity index (χ3v) is 7.97. The van der Waals surface area contributed by atoms with E-state index >= 15 is 0 Å². The maximum absolute atomic E-state index is 6.26. The lowest BCUT2D eigenvalue weighted by atomic mass is 10.1. The van der Waals surface area contributed by atoms with Crippen molar-refractivity contribution < 1.29 is 14.2 Å². The van der Waals surface area contributed by atoms with Crippen molar-refractivity contribution in [3.8, 4) is 38.4 Å². The van der Waals surface area contributed by atoms with Crippen molar-refractivity contribution in [1.29, 1.82) is 0 Å². The molecule has 3 heterocycles. The Labute approximate surface area is 202 Å². The van der Waals surface area contributed by atoms with Crippen molar-refractivity contribution in [3.05, 3.63) is 47.2 Å². The maximum Gasteiger partial charge on any atom is 0.203 e. The van der Waals surface area contributed by atoms with E-state index in [4.69, 9.17) is 24.9 Å². The lowest BCUT2D eigenvalue weighted by Crippen LogP contribution is -1.97. The topological polar surface area (TPSA) is 91.5 Å². The highest BCUT2D eigenvalue weighted by molar-refractivity contribution is 7.23. The first-order valence-corrected chi connectivity index (χ1v) is 12.4. The molecule has 7 nitrogen and oxygen atoms in total. The Balaban J connectivity index is 1.44. The number of hydrogen-bond acceptors (Lipinski definition) is 10. The number of hydrogen-bond donors (Lipinski definition) is 2. The molecular formula is C23H20N4O3S3. The van der Waals surface area contributed by atoms with Crippen LogP contribution in [0.4, 0.5) is 16.6 Å². The summed E-state index contributed by atoms with van der Waals surface area (Å²) >= 11 is 4.73. The summed E-state index contributed by atoms with van der Waals surface area (Å²) in [5, 5.41) is 10.2. The molecular weight excluding hydrogens is 476 g/mol. The van der Waals surface area contributed by atoms with Gasteiger partial charge in [0.25, 0.3) is 0 Å². The summed E-state index contributed by atoms with van der Waals surface area (Å²) in [4.78, 5) is 10.2. The third-order valence-electron chi connectivity index (χ3n) is 5.02. The smallest absolute Gasteiger partial charge is 0.203 e. The quantitative estimate of drug-likeness (QED) is 0.266. The summed E-state index contributed by atoms with van der Waals surface area (Å²) in [5.74, 6) is 2.07. The molecule has 3 aromatic heterocycles. The molecule has 0 atom stereocenters. The van der Waals surface area contributed by atoms with Crippen LogP contribution in [0.3, 0.4) is 0 Å². The second-order valence-corrected chi connectivity index (χ2v) is 9.72.